The summed E-state index contributed by atoms with van der Waals surface area (Å²) in [5, 5.41) is 14.9. The molecule has 2 aromatic carbocycles. The van der Waals surface area contributed by atoms with Crippen LogP contribution in [-0.4, -0.2) is 48.5 Å². The van der Waals surface area contributed by atoms with E-state index in [9.17, 15) is 0 Å². The zero-order valence-electron chi connectivity index (χ0n) is 20.7. The molecule has 4 rings (SSSR count). The molecule has 9 heteroatoms. The van der Waals surface area contributed by atoms with Gasteiger partial charge < -0.3 is 0 Å². The smallest absolute Gasteiger partial charge is 0.292 e. The van der Waals surface area contributed by atoms with Crippen LogP contribution < -0.4 is 0 Å². The fourth-order valence-corrected chi connectivity index (χ4v) is 3.84. The van der Waals surface area contributed by atoms with Gasteiger partial charge in [0.05, 0.1) is 27.1 Å². The van der Waals surface area contributed by atoms with E-state index in [-0.39, 0.29) is 32.8 Å². The first-order valence-corrected chi connectivity index (χ1v) is 11.6. The third-order valence-corrected chi connectivity index (χ3v) is 5.45. The molecular weight excluding hydrogens is 522 g/mol. The summed E-state index contributed by atoms with van der Waals surface area (Å²) in [6.07, 6.45) is 3.75. The molecule has 0 bridgehead atoms. The van der Waals surface area contributed by atoms with Crippen molar-refractivity contribution in [2.75, 3.05) is 13.1 Å². The summed E-state index contributed by atoms with van der Waals surface area (Å²) < 4.78 is 0. The van der Waals surface area contributed by atoms with Crippen LogP contribution in [-0.2, 0) is 43.2 Å². The first kappa shape index (κ1) is 33.3. The van der Waals surface area contributed by atoms with Gasteiger partial charge in [0, 0.05) is 51.7 Å². The van der Waals surface area contributed by atoms with E-state index in [0.717, 1.165) is 50.7 Å². The van der Waals surface area contributed by atoms with Crippen LogP contribution in [0.4, 0.5) is 0 Å². The largest absolute Gasteiger partial charge is 4.00 e. The predicted octanol–water partition coefficient (Wildman–Crippen LogP) is 2.84. The van der Waals surface area contributed by atoms with Gasteiger partial charge in [-0.05, 0) is 35.4 Å². The van der Waals surface area contributed by atoms with E-state index >= 15 is 0 Å². The molecule has 0 unspecified atom stereocenters. The first-order chi connectivity index (χ1) is 18.7. The van der Waals surface area contributed by atoms with Crippen molar-refractivity contribution in [3.8, 4) is 11.9 Å². The van der Waals surface area contributed by atoms with Crippen molar-refractivity contribution in [2.45, 2.75) is 26.2 Å². The van der Waals surface area contributed by atoms with Gasteiger partial charge in [0.25, 0.3) is 0 Å². The Morgan fingerprint density at radius 3 is 1.18 bits per heavy atom. The summed E-state index contributed by atoms with van der Waals surface area (Å²) in [5.74, 6) is 4.00. The number of benzene rings is 2. The van der Waals surface area contributed by atoms with Crippen molar-refractivity contribution in [1.82, 2.24) is 19.8 Å². The van der Waals surface area contributed by atoms with Crippen LogP contribution in [0.15, 0.2) is 109 Å². The predicted molar refractivity (Wildman–Crippen MR) is 161 cm³/mol. The zero-order valence-corrected chi connectivity index (χ0v) is 21.8. The van der Waals surface area contributed by atoms with E-state index in [1.807, 2.05) is 36.5 Å². The second-order valence-electron chi connectivity index (χ2n) is 8.03. The number of nitrogens with zero attached hydrogens (tertiary/aromatic N) is 6. The molecule has 4 aromatic rings. The average Bonchev–Trinajstić information content (AvgIpc) is 2.95. The van der Waals surface area contributed by atoms with Gasteiger partial charge in [0.2, 0.25) is 0 Å². The second-order valence-corrected chi connectivity index (χ2v) is 8.03. The third-order valence-electron chi connectivity index (χ3n) is 5.45. The Morgan fingerprint density at radius 2 is 0.872 bits per heavy atom. The molecular formula is C30H36B2FeN6+2. The minimum absolute atomic E-state index is 0. The Morgan fingerprint density at radius 1 is 0.538 bits per heavy atom. The van der Waals surface area contributed by atoms with Gasteiger partial charge in [-0.25, -0.2) is 0 Å². The van der Waals surface area contributed by atoms with Crippen molar-refractivity contribution >= 4 is 15.7 Å². The monoisotopic (exact) mass is 558 g/mol. The molecule has 0 amide bonds. The van der Waals surface area contributed by atoms with Gasteiger partial charge in [-0.1, -0.05) is 72.8 Å². The summed E-state index contributed by atoms with van der Waals surface area (Å²) in [4.78, 5) is 14.1. The fraction of sp³-hybridized carbons (Fsp3) is 0.200. The molecule has 0 saturated carbocycles. The molecule has 0 spiro atoms. The van der Waals surface area contributed by atoms with E-state index < -0.39 is 0 Å². The van der Waals surface area contributed by atoms with E-state index in [1.165, 1.54) is 11.1 Å². The Bertz CT molecular complexity index is 1040. The molecule has 0 aliphatic heterocycles. The van der Waals surface area contributed by atoms with Crippen molar-refractivity contribution in [2.24, 2.45) is 0 Å². The first-order valence-electron chi connectivity index (χ1n) is 11.6. The Labute approximate surface area is 245 Å². The number of nitriles is 2. The van der Waals surface area contributed by atoms with Crippen LogP contribution in [0.2, 0.25) is 0 Å². The van der Waals surface area contributed by atoms with Gasteiger partial charge in [-0.15, -0.1) is 0 Å². The van der Waals surface area contributed by atoms with Crippen LogP contribution in [0, 0.1) is 22.5 Å². The molecule has 2 aromatic heterocycles. The number of rotatable bonds is 11. The molecule has 6 nitrogen and oxygen atoms in total. The number of hydrogen-bond acceptors (Lipinski definition) is 6. The zero-order chi connectivity index (χ0) is 27.3. The molecule has 39 heavy (non-hydrogen) atoms. The molecule has 0 fully saturated rings. The molecule has 2 heterocycles. The maximum atomic E-state index is 7.43. The number of pyridine rings is 2. The van der Waals surface area contributed by atoms with Crippen LogP contribution >= 0.6 is 0 Å². The van der Waals surface area contributed by atoms with E-state index in [1.54, 1.807) is 0 Å². The van der Waals surface area contributed by atoms with Gasteiger partial charge in [0.15, 0.2) is 0 Å². The van der Waals surface area contributed by atoms with Gasteiger partial charge in [0.1, 0.15) is 0 Å². The van der Waals surface area contributed by atoms with Gasteiger partial charge in [-0.2, -0.15) is 11.9 Å². The second kappa shape index (κ2) is 21.2. The molecule has 198 valence electrons. The molecule has 0 N–H and O–H groups in total. The summed E-state index contributed by atoms with van der Waals surface area (Å²) in [6.45, 7) is 5.37. The number of hydrogen-bond donors (Lipinski definition) is 0. The molecule has 0 aliphatic rings. The Kier molecular flexibility index (Phi) is 18.2. The normalized spacial score (nSPS) is 9.59. The van der Waals surface area contributed by atoms with Crippen LogP contribution in [0.25, 0.3) is 0 Å². The van der Waals surface area contributed by atoms with E-state index in [4.69, 9.17) is 10.5 Å². The van der Waals surface area contributed by atoms with Gasteiger partial charge in [-0.3, -0.25) is 30.3 Å². The summed E-state index contributed by atoms with van der Waals surface area (Å²) in [7, 11) is 0.139. The molecule has 0 aliphatic carbocycles. The average molecular weight is 558 g/mol. The third kappa shape index (κ3) is 14.7. The van der Waals surface area contributed by atoms with E-state index in [0.29, 0.717) is 0 Å². The van der Waals surface area contributed by atoms with Crippen molar-refractivity contribution < 1.29 is 17.1 Å². The minimum Gasteiger partial charge on any atom is -0.292 e. The SMILES string of the molecule is [BH3-]C#N.[BH3-]C#N.[Fe+4].c1ccc(CN(CCN(Cc2ccccc2)Cc2ccccn2)Cc2ccccn2)cc1. The van der Waals surface area contributed by atoms with Crippen molar-refractivity contribution in [1.29, 1.82) is 10.5 Å². The molecule has 0 saturated heterocycles. The fourth-order valence-electron chi connectivity index (χ4n) is 3.84. The summed E-state index contributed by atoms with van der Waals surface area (Å²) in [6, 6.07) is 33.6. The van der Waals surface area contributed by atoms with Gasteiger partial charge >= 0.3 is 17.1 Å². The van der Waals surface area contributed by atoms with E-state index in [2.05, 4.69) is 105 Å². The Balaban J connectivity index is 0.000000997. The quantitative estimate of drug-likeness (QED) is 0.264. The minimum atomic E-state index is 0. The van der Waals surface area contributed by atoms with Crippen LogP contribution in [0.5, 0.6) is 0 Å². The summed E-state index contributed by atoms with van der Waals surface area (Å²) >= 11 is 0. The molecule has 0 radical (unpaired) electrons. The summed E-state index contributed by atoms with van der Waals surface area (Å²) in [5.41, 5.74) is 4.84. The topological polar surface area (TPSA) is 79.8 Å². The van der Waals surface area contributed by atoms with Crippen molar-refractivity contribution in [3.05, 3.63) is 132 Å². The van der Waals surface area contributed by atoms with Crippen molar-refractivity contribution in [3.63, 3.8) is 0 Å². The molecule has 0 atom stereocenters. The maximum absolute atomic E-state index is 7.43. The van der Waals surface area contributed by atoms with Crippen LogP contribution in [0.1, 0.15) is 22.5 Å². The maximum Gasteiger partial charge on any atom is 4.00 e. The Hall–Kier alpha value is -3.71. The standard InChI is InChI=1S/C28H30N4.2CH3BN.Fe/c1-3-11-25(12-4-1)21-31(23-27-15-7-9-17-29-27)19-20-32(22-26-13-5-2-6-14-26)24-28-16-8-10-18-30-28;2*2-1-3;/h1-18H,19-24H2;2*2H3;/q;2*-1;+4. The number of aromatic nitrogens is 2. The van der Waals surface area contributed by atoms with Crippen LogP contribution in [0.3, 0.4) is 0 Å².